The average molecular weight is 787 g/mol. The molecule has 2 saturated carbocycles. The van der Waals surface area contributed by atoms with Crippen molar-refractivity contribution in [3.05, 3.63) is 70.7 Å². The second kappa shape index (κ2) is 14.4. The standard InChI is InChI=1S/C43H50N10O5/c1-50-17-18-53(42(50)57)29-3-2-16-51(23-29)34-21-45-37(39(44)55)40(47-34)46-28-7-4-25(5-8-28)26-12-14-43(15-13-26)19-30(20-43)52-22-27-6-9-31-36(49-58-38(31)33(27)24-52)32-10-11-35(54)48-41(32)56/h4-9,21,26,29-30,32H,2-3,10-20,22-24H2,1H3,(H2,44,55)(H,46,47)(H,48,54,56)/t26?,29-,30?,32?,43?/m1/s1. The van der Waals surface area contributed by atoms with Gasteiger partial charge >= 0.3 is 6.03 Å². The van der Waals surface area contributed by atoms with Gasteiger partial charge in [0.1, 0.15) is 11.5 Å². The molecule has 2 aromatic carbocycles. The molecular formula is C43H50N10O5. The average Bonchev–Trinajstić information content (AvgIpc) is 3.94. The third-order valence-electron chi connectivity index (χ3n) is 14.1. The molecule has 10 rings (SSSR count). The fraction of sp³-hybridized carbons (Fsp3) is 0.512. The number of hydrogen-bond donors (Lipinski definition) is 3. The van der Waals surface area contributed by atoms with E-state index in [9.17, 15) is 19.2 Å². The quantitative estimate of drug-likeness (QED) is 0.201. The van der Waals surface area contributed by atoms with Gasteiger partial charge in [0.25, 0.3) is 5.91 Å². The Kier molecular flexibility index (Phi) is 9.10. The summed E-state index contributed by atoms with van der Waals surface area (Å²) in [4.78, 5) is 67.1. The molecule has 5 fully saturated rings. The number of nitrogens with zero attached hydrogens (tertiary/aromatic N) is 7. The van der Waals surface area contributed by atoms with E-state index in [0.29, 0.717) is 54.1 Å². The largest absolute Gasteiger partial charge is 0.364 e. The van der Waals surface area contributed by atoms with Crippen LogP contribution in [0.3, 0.4) is 0 Å². The van der Waals surface area contributed by atoms with Gasteiger partial charge in [0.15, 0.2) is 17.1 Å². The van der Waals surface area contributed by atoms with Gasteiger partial charge in [0.2, 0.25) is 11.8 Å². The number of rotatable bonds is 8. The first-order valence-electron chi connectivity index (χ1n) is 20.9. The maximum atomic E-state index is 12.7. The van der Waals surface area contributed by atoms with E-state index in [1.165, 1.54) is 42.4 Å². The second-order valence-electron chi connectivity index (χ2n) is 17.6. The van der Waals surface area contributed by atoms with E-state index in [1.807, 2.05) is 18.0 Å². The normalized spacial score (nSPS) is 27.6. The SMILES string of the molecule is CN1CCN([C@@H]2CCCN(c3cnc(C(N)=O)c(Nc4ccc(C5CCC6(CC5)CC(N5Cc7ccc8c(C9CCC(=O)NC9=O)noc8c7C5)C6)cc4)n3)C2)C1=O. The smallest absolute Gasteiger partial charge is 0.320 e. The number of amides is 5. The van der Waals surface area contributed by atoms with Crippen molar-refractivity contribution >= 4 is 52.0 Å². The topological polar surface area (TPSA) is 183 Å². The Balaban J connectivity index is 0.743. The zero-order valence-electron chi connectivity index (χ0n) is 32.9. The Hall–Kier alpha value is -5.57. The summed E-state index contributed by atoms with van der Waals surface area (Å²) >= 11 is 0. The molecule has 4 aliphatic heterocycles. The Labute approximate surface area is 336 Å². The van der Waals surface area contributed by atoms with Crippen LogP contribution in [0.4, 0.5) is 22.1 Å². The van der Waals surface area contributed by atoms with Crippen molar-refractivity contribution in [2.75, 3.05) is 43.4 Å². The van der Waals surface area contributed by atoms with Crippen LogP contribution in [0.2, 0.25) is 0 Å². The lowest BCUT2D eigenvalue weighted by Crippen LogP contribution is -2.50. The lowest BCUT2D eigenvalue weighted by atomic mass is 9.56. The Morgan fingerprint density at radius 3 is 2.52 bits per heavy atom. The van der Waals surface area contributed by atoms with Crippen molar-refractivity contribution in [2.24, 2.45) is 11.1 Å². The minimum Gasteiger partial charge on any atom is -0.364 e. The highest BCUT2D eigenvalue weighted by Crippen LogP contribution is 2.57. The number of aromatic nitrogens is 3. The van der Waals surface area contributed by atoms with Crippen molar-refractivity contribution in [3.8, 4) is 0 Å². The highest BCUT2D eigenvalue weighted by Gasteiger charge is 2.49. The van der Waals surface area contributed by atoms with Crippen LogP contribution >= 0.6 is 0 Å². The molecule has 0 bridgehead atoms. The number of nitrogens with two attached hydrogens (primary N) is 1. The van der Waals surface area contributed by atoms with Crippen LogP contribution in [-0.4, -0.2) is 98.9 Å². The van der Waals surface area contributed by atoms with Gasteiger partial charge in [-0.3, -0.25) is 24.6 Å². The molecule has 1 unspecified atom stereocenters. The second-order valence-corrected chi connectivity index (χ2v) is 17.6. The molecule has 1 spiro atoms. The number of likely N-dealkylation sites (N-methyl/N-ethyl adjacent to an activating group) is 1. The summed E-state index contributed by atoms with van der Waals surface area (Å²) in [5.74, 6) is -0.130. The zero-order chi connectivity index (χ0) is 39.7. The molecule has 2 atom stereocenters. The van der Waals surface area contributed by atoms with Crippen LogP contribution in [0, 0.1) is 5.41 Å². The number of carbonyl (C=O) groups is 4. The first-order chi connectivity index (χ1) is 28.1. The van der Waals surface area contributed by atoms with E-state index < -0.39 is 11.8 Å². The summed E-state index contributed by atoms with van der Waals surface area (Å²) in [6.07, 6.45) is 11.5. The number of anilines is 3. The molecule has 2 aromatic heterocycles. The van der Waals surface area contributed by atoms with Crippen molar-refractivity contribution in [1.82, 2.24) is 35.1 Å². The van der Waals surface area contributed by atoms with Crippen LogP contribution in [0.5, 0.6) is 0 Å². The molecule has 2 aliphatic carbocycles. The molecule has 4 N–H and O–H groups in total. The Bertz CT molecular complexity index is 2290. The highest BCUT2D eigenvalue weighted by atomic mass is 16.5. The first-order valence-corrected chi connectivity index (χ1v) is 20.9. The van der Waals surface area contributed by atoms with E-state index in [0.717, 1.165) is 75.1 Å². The van der Waals surface area contributed by atoms with Gasteiger partial charge in [-0.15, -0.1) is 0 Å². The van der Waals surface area contributed by atoms with Crippen molar-refractivity contribution in [2.45, 2.75) is 101 Å². The van der Waals surface area contributed by atoms with E-state index >= 15 is 0 Å². The fourth-order valence-electron chi connectivity index (χ4n) is 10.8. The number of hydrogen-bond acceptors (Lipinski definition) is 11. The van der Waals surface area contributed by atoms with Gasteiger partial charge in [0.05, 0.1) is 18.2 Å². The van der Waals surface area contributed by atoms with Crippen molar-refractivity contribution in [3.63, 3.8) is 0 Å². The number of benzene rings is 2. The molecule has 0 radical (unpaired) electrons. The maximum Gasteiger partial charge on any atom is 0.320 e. The molecule has 15 heteroatoms. The zero-order valence-corrected chi connectivity index (χ0v) is 32.9. The van der Waals surface area contributed by atoms with Gasteiger partial charge in [-0.25, -0.2) is 14.8 Å². The Morgan fingerprint density at radius 2 is 1.78 bits per heavy atom. The summed E-state index contributed by atoms with van der Waals surface area (Å²) < 4.78 is 5.88. The minimum atomic E-state index is -0.642. The summed E-state index contributed by atoms with van der Waals surface area (Å²) in [6.45, 7) is 4.66. The number of piperidine rings is 2. The summed E-state index contributed by atoms with van der Waals surface area (Å²) in [6, 6.07) is 13.4. The first kappa shape index (κ1) is 36.7. The van der Waals surface area contributed by atoms with Crippen LogP contribution in [0.1, 0.15) is 109 Å². The number of carbonyl (C=O) groups excluding carboxylic acids is 4. The summed E-state index contributed by atoms with van der Waals surface area (Å²) in [5.41, 5.74) is 12.2. The monoisotopic (exact) mass is 786 g/mol. The van der Waals surface area contributed by atoms with Crippen LogP contribution in [0.15, 0.2) is 47.1 Å². The molecule has 3 saturated heterocycles. The third kappa shape index (κ3) is 6.52. The number of fused-ring (bicyclic) bond motifs is 3. The van der Waals surface area contributed by atoms with Crippen LogP contribution < -0.4 is 21.3 Å². The molecule has 6 aliphatic rings. The summed E-state index contributed by atoms with van der Waals surface area (Å²) in [5, 5.41) is 11.0. The van der Waals surface area contributed by atoms with Gasteiger partial charge in [-0.05, 0) is 98.4 Å². The van der Waals surface area contributed by atoms with Gasteiger partial charge in [0, 0.05) is 75.4 Å². The van der Waals surface area contributed by atoms with Gasteiger partial charge in [-0.1, -0.05) is 23.4 Å². The summed E-state index contributed by atoms with van der Waals surface area (Å²) in [7, 11) is 1.84. The van der Waals surface area contributed by atoms with E-state index in [4.69, 9.17) is 15.2 Å². The number of nitrogens with one attached hydrogen (secondary N) is 2. The molecule has 6 heterocycles. The van der Waals surface area contributed by atoms with Gasteiger partial charge < -0.3 is 30.3 Å². The molecule has 15 nitrogen and oxygen atoms in total. The predicted molar refractivity (Wildman–Crippen MR) is 215 cm³/mol. The third-order valence-corrected chi connectivity index (χ3v) is 14.1. The van der Waals surface area contributed by atoms with Crippen molar-refractivity contribution < 1.29 is 23.7 Å². The highest BCUT2D eigenvalue weighted by molar-refractivity contribution is 6.02. The number of urea groups is 1. The lowest BCUT2D eigenvalue weighted by molar-refractivity contribution is -0.134. The van der Waals surface area contributed by atoms with Crippen LogP contribution in [0.25, 0.3) is 11.0 Å². The Morgan fingerprint density at radius 1 is 0.966 bits per heavy atom. The van der Waals surface area contributed by atoms with Crippen LogP contribution in [-0.2, 0) is 22.7 Å². The lowest BCUT2D eigenvalue weighted by Gasteiger charge is -2.54. The minimum absolute atomic E-state index is 0.0723. The molecule has 4 aromatic rings. The fourth-order valence-corrected chi connectivity index (χ4v) is 10.8. The predicted octanol–water partition coefficient (Wildman–Crippen LogP) is 5.14. The maximum absolute atomic E-state index is 12.7. The van der Waals surface area contributed by atoms with E-state index in [-0.39, 0.29) is 29.6 Å². The molecular weight excluding hydrogens is 737 g/mol. The van der Waals surface area contributed by atoms with E-state index in [1.54, 1.807) is 11.1 Å². The molecule has 5 amide bonds. The number of imide groups is 1. The van der Waals surface area contributed by atoms with Crippen molar-refractivity contribution in [1.29, 1.82) is 0 Å². The van der Waals surface area contributed by atoms with Gasteiger partial charge in [-0.2, -0.15) is 0 Å². The number of primary amides is 1. The molecule has 58 heavy (non-hydrogen) atoms. The van der Waals surface area contributed by atoms with E-state index in [2.05, 4.69) is 60.9 Å². The molecule has 302 valence electrons.